The van der Waals surface area contributed by atoms with E-state index < -0.39 is 11.6 Å². The van der Waals surface area contributed by atoms with E-state index in [0.717, 1.165) is 34.7 Å². The van der Waals surface area contributed by atoms with Crippen molar-refractivity contribution in [2.45, 2.75) is 46.6 Å². The topological polar surface area (TPSA) is 99.4 Å². The van der Waals surface area contributed by atoms with Gasteiger partial charge in [-0.15, -0.1) is 0 Å². The van der Waals surface area contributed by atoms with Gasteiger partial charge < -0.3 is 15.2 Å². The average molecular weight is 386 g/mol. The fourth-order valence-electron chi connectivity index (χ4n) is 3.23. The van der Waals surface area contributed by atoms with E-state index in [1.165, 1.54) is 7.11 Å². The van der Waals surface area contributed by atoms with Gasteiger partial charge in [-0.25, -0.2) is 14.8 Å². The normalized spacial score (nSPS) is 13.1. The number of ether oxygens (including phenoxy) is 2. The molecule has 7 nitrogen and oxygen atoms in total. The fourth-order valence-corrected chi connectivity index (χ4v) is 3.23. The summed E-state index contributed by atoms with van der Waals surface area (Å²) in [5.74, 6) is 1.65. The number of aromatic nitrogens is 2. The summed E-state index contributed by atoms with van der Waals surface area (Å²) in [5.41, 5.74) is 9.33. The summed E-state index contributed by atoms with van der Waals surface area (Å²) in [6.07, 6.45) is 1.92. The van der Waals surface area contributed by atoms with Crippen LogP contribution in [-0.4, -0.2) is 35.3 Å². The molecule has 7 heteroatoms. The molecule has 2 rings (SSSR count). The van der Waals surface area contributed by atoms with E-state index in [2.05, 4.69) is 33.9 Å². The maximum Gasteiger partial charge on any atom is 0.412 e. The Balaban J connectivity index is 2.22. The van der Waals surface area contributed by atoms with Crippen molar-refractivity contribution in [3.05, 3.63) is 35.7 Å². The van der Waals surface area contributed by atoms with Crippen LogP contribution in [0.1, 0.15) is 38.4 Å². The first-order valence-corrected chi connectivity index (χ1v) is 9.32. The fraction of sp³-hybridized carbons (Fsp3) is 0.476. The monoisotopic (exact) mass is 386 g/mol. The number of carbonyl (C=O) groups excluding carboxylic acids is 1. The van der Waals surface area contributed by atoms with Gasteiger partial charge in [0.1, 0.15) is 18.2 Å². The van der Waals surface area contributed by atoms with Crippen LogP contribution >= 0.6 is 0 Å². The zero-order valence-electron chi connectivity index (χ0n) is 17.5. The van der Waals surface area contributed by atoms with Crippen LogP contribution < -0.4 is 15.8 Å². The Morgan fingerprint density at radius 2 is 2.04 bits per heavy atom. The van der Waals surface area contributed by atoms with Crippen LogP contribution in [0, 0.1) is 19.8 Å². The number of amides is 1. The molecule has 152 valence electrons. The van der Waals surface area contributed by atoms with Crippen LogP contribution in [0.15, 0.2) is 24.4 Å². The van der Waals surface area contributed by atoms with Gasteiger partial charge in [-0.05, 0) is 56.9 Å². The Hall–Kier alpha value is -2.67. The predicted octanol–water partition coefficient (Wildman–Crippen LogP) is 4.08. The first-order valence-electron chi connectivity index (χ1n) is 9.32. The molecule has 0 radical (unpaired) electrons. The van der Waals surface area contributed by atoms with Crippen LogP contribution in [0.4, 0.5) is 10.6 Å². The second-order valence-electron chi connectivity index (χ2n) is 7.83. The number of hydrogen-bond acceptors (Lipinski definition) is 6. The SMILES string of the molecule is COC(=O)Nc1cc(-c2cc(C)c(OC[C@@](C)(N)CC(C)C)c(C)n2)ccn1. The number of hydrogen-bond donors (Lipinski definition) is 2. The molecule has 2 heterocycles. The van der Waals surface area contributed by atoms with Crippen LogP contribution in [0.2, 0.25) is 0 Å². The van der Waals surface area contributed by atoms with Crippen molar-refractivity contribution in [2.75, 3.05) is 19.0 Å². The highest BCUT2D eigenvalue weighted by atomic mass is 16.5. The number of rotatable bonds is 7. The molecule has 0 saturated carbocycles. The summed E-state index contributed by atoms with van der Waals surface area (Å²) < 4.78 is 10.6. The van der Waals surface area contributed by atoms with Crippen LogP contribution in [-0.2, 0) is 4.74 Å². The Labute approximate surface area is 166 Å². The summed E-state index contributed by atoms with van der Waals surface area (Å²) in [6, 6.07) is 5.54. The summed E-state index contributed by atoms with van der Waals surface area (Å²) in [5, 5.41) is 2.56. The molecule has 1 amide bonds. The Kier molecular flexibility index (Phi) is 6.96. The van der Waals surface area contributed by atoms with Crippen molar-refractivity contribution in [3.8, 4) is 17.0 Å². The number of nitrogens with one attached hydrogen (secondary N) is 1. The third kappa shape index (κ3) is 5.92. The van der Waals surface area contributed by atoms with E-state index in [1.54, 1.807) is 12.3 Å². The van der Waals surface area contributed by atoms with Crippen LogP contribution in [0.5, 0.6) is 5.75 Å². The van der Waals surface area contributed by atoms with Crippen molar-refractivity contribution in [1.29, 1.82) is 0 Å². The lowest BCUT2D eigenvalue weighted by Crippen LogP contribution is -2.43. The van der Waals surface area contributed by atoms with E-state index in [0.29, 0.717) is 18.3 Å². The van der Waals surface area contributed by atoms with E-state index in [4.69, 9.17) is 10.5 Å². The average Bonchev–Trinajstić information content (AvgIpc) is 2.59. The summed E-state index contributed by atoms with van der Waals surface area (Å²) in [4.78, 5) is 20.2. The Bertz CT molecular complexity index is 811. The Morgan fingerprint density at radius 3 is 2.64 bits per heavy atom. The third-order valence-electron chi connectivity index (χ3n) is 4.22. The second kappa shape index (κ2) is 9.01. The Morgan fingerprint density at radius 1 is 1.32 bits per heavy atom. The minimum Gasteiger partial charge on any atom is -0.490 e. The molecule has 0 aliphatic carbocycles. The summed E-state index contributed by atoms with van der Waals surface area (Å²) in [6.45, 7) is 10.6. The van der Waals surface area contributed by atoms with Crippen molar-refractivity contribution >= 4 is 11.9 Å². The van der Waals surface area contributed by atoms with Gasteiger partial charge in [0, 0.05) is 17.3 Å². The number of carbonyl (C=O) groups is 1. The van der Waals surface area contributed by atoms with Gasteiger partial charge in [-0.2, -0.15) is 0 Å². The van der Waals surface area contributed by atoms with Crippen molar-refractivity contribution in [1.82, 2.24) is 9.97 Å². The maximum atomic E-state index is 11.4. The molecule has 2 aromatic heterocycles. The first kappa shape index (κ1) is 21.6. The zero-order valence-corrected chi connectivity index (χ0v) is 17.5. The second-order valence-corrected chi connectivity index (χ2v) is 7.83. The number of aryl methyl sites for hydroxylation is 2. The van der Waals surface area contributed by atoms with Crippen LogP contribution in [0.25, 0.3) is 11.3 Å². The van der Waals surface area contributed by atoms with E-state index in [-0.39, 0.29) is 0 Å². The number of anilines is 1. The summed E-state index contributed by atoms with van der Waals surface area (Å²) in [7, 11) is 1.31. The molecule has 0 fully saturated rings. The molecule has 3 N–H and O–H groups in total. The van der Waals surface area contributed by atoms with Gasteiger partial charge >= 0.3 is 6.09 Å². The molecule has 0 saturated heterocycles. The molecule has 0 aliphatic heterocycles. The van der Waals surface area contributed by atoms with Crippen molar-refractivity contribution in [2.24, 2.45) is 11.7 Å². The molecular weight excluding hydrogens is 356 g/mol. The standard InChI is InChI=1S/C21H30N4O3/c1-13(2)11-21(5,22)12-28-19-14(3)9-17(24-15(19)4)16-7-8-23-18(10-16)25-20(26)27-6/h7-10,13H,11-12,22H2,1-6H3,(H,23,25,26)/t21-/m0/s1. The van der Waals surface area contributed by atoms with Crippen LogP contribution in [0.3, 0.4) is 0 Å². The number of pyridine rings is 2. The lowest BCUT2D eigenvalue weighted by atomic mass is 9.93. The molecule has 0 spiro atoms. The molecule has 0 aliphatic rings. The number of nitrogens with two attached hydrogens (primary N) is 1. The quantitative estimate of drug-likeness (QED) is 0.744. The largest absolute Gasteiger partial charge is 0.490 e. The lowest BCUT2D eigenvalue weighted by Gasteiger charge is -2.27. The molecular formula is C21H30N4O3. The number of nitrogens with zero attached hydrogens (tertiary/aromatic N) is 2. The third-order valence-corrected chi connectivity index (χ3v) is 4.22. The van der Waals surface area contributed by atoms with Crippen molar-refractivity contribution < 1.29 is 14.3 Å². The lowest BCUT2D eigenvalue weighted by molar-refractivity contribution is 0.187. The minimum absolute atomic E-state index is 0.398. The molecule has 0 unspecified atom stereocenters. The van der Waals surface area contributed by atoms with E-state index >= 15 is 0 Å². The highest BCUT2D eigenvalue weighted by Crippen LogP contribution is 2.29. The van der Waals surface area contributed by atoms with Gasteiger partial charge in [0.05, 0.1) is 18.5 Å². The minimum atomic E-state index is -0.569. The smallest absolute Gasteiger partial charge is 0.412 e. The van der Waals surface area contributed by atoms with Gasteiger partial charge in [-0.1, -0.05) is 13.8 Å². The molecule has 1 atom stereocenters. The maximum absolute atomic E-state index is 11.4. The molecule has 28 heavy (non-hydrogen) atoms. The first-order chi connectivity index (χ1) is 13.1. The zero-order chi connectivity index (χ0) is 20.9. The predicted molar refractivity (Wildman–Crippen MR) is 111 cm³/mol. The highest BCUT2D eigenvalue weighted by Gasteiger charge is 2.22. The van der Waals surface area contributed by atoms with Gasteiger partial charge in [0.25, 0.3) is 0 Å². The van der Waals surface area contributed by atoms with Crippen molar-refractivity contribution in [3.63, 3.8) is 0 Å². The van der Waals surface area contributed by atoms with E-state index in [9.17, 15) is 4.79 Å². The van der Waals surface area contributed by atoms with Gasteiger partial charge in [0.2, 0.25) is 0 Å². The van der Waals surface area contributed by atoms with E-state index in [1.807, 2.05) is 32.9 Å². The summed E-state index contributed by atoms with van der Waals surface area (Å²) >= 11 is 0. The number of methoxy groups -OCH3 is 1. The van der Waals surface area contributed by atoms with Gasteiger partial charge in [-0.3, -0.25) is 5.32 Å². The highest BCUT2D eigenvalue weighted by molar-refractivity contribution is 5.84. The molecule has 0 bridgehead atoms. The molecule has 2 aromatic rings. The van der Waals surface area contributed by atoms with Gasteiger partial charge in [0.15, 0.2) is 0 Å². The molecule has 0 aromatic carbocycles.